The van der Waals surface area contributed by atoms with Crippen molar-refractivity contribution < 1.29 is 0 Å². The molecule has 0 saturated heterocycles. The first kappa shape index (κ1) is 34.2. The molecular formula is C43H50N8. The van der Waals surface area contributed by atoms with Crippen LogP contribution in [0.5, 0.6) is 0 Å². The molecular weight excluding hydrogens is 629 g/mol. The molecule has 2 aliphatic heterocycles. The maximum Gasteiger partial charge on any atom is 0.123 e. The van der Waals surface area contributed by atoms with Gasteiger partial charge in [0.1, 0.15) is 11.4 Å². The molecule has 8 rings (SSSR count). The van der Waals surface area contributed by atoms with Crippen LogP contribution < -0.4 is 9.80 Å². The van der Waals surface area contributed by atoms with Gasteiger partial charge in [0, 0.05) is 70.9 Å². The van der Waals surface area contributed by atoms with Gasteiger partial charge in [-0.15, -0.1) is 10.2 Å². The molecule has 8 heteroatoms. The van der Waals surface area contributed by atoms with E-state index in [1.54, 1.807) is 0 Å². The fraction of sp³-hybridized carbons (Fsp3) is 0.349. The van der Waals surface area contributed by atoms with E-state index >= 15 is 0 Å². The molecule has 0 amide bonds. The SMILES string of the molecule is CC(C)N1Cc2ccccc2-c2nnn(C(C)C)c2-c2ccccc21.CCC(C)N1Cc2ccccc2-c2c(nnn2C(C)C)-c2ccccc21. The van der Waals surface area contributed by atoms with Crippen LogP contribution in [0.15, 0.2) is 97.1 Å². The van der Waals surface area contributed by atoms with Gasteiger partial charge in [-0.3, -0.25) is 0 Å². The normalized spacial score (nSPS) is 13.8. The molecule has 0 bridgehead atoms. The molecule has 0 N–H and O–H groups in total. The summed E-state index contributed by atoms with van der Waals surface area (Å²) in [6.45, 7) is 19.4. The van der Waals surface area contributed by atoms with E-state index in [9.17, 15) is 0 Å². The van der Waals surface area contributed by atoms with Crippen LogP contribution in [-0.2, 0) is 13.1 Å². The highest BCUT2D eigenvalue weighted by Crippen LogP contribution is 2.44. The van der Waals surface area contributed by atoms with E-state index in [1.165, 1.54) is 44.8 Å². The van der Waals surface area contributed by atoms with E-state index in [0.29, 0.717) is 12.1 Å². The summed E-state index contributed by atoms with van der Waals surface area (Å²) in [4.78, 5) is 4.97. The summed E-state index contributed by atoms with van der Waals surface area (Å²) < 4.78 is 4.11. The number of fused-ring (bicyclic) bond motifs is 10. The van der Waals surface area contributed by atoms with E-state index in [4.69, 9.17) is 0 Å². The van der Waals surface area contributed by atoms with Crippen LogP contribution in [0.2, 0.25) is 0 Å². The predicted molar refractivity (Wildman–Crippen MR) is 210 cm³/mol. The fourth-order valence-electron chi connectivity index (χ4n) is 7.41. The second kappa shape index (κ2) is 14.2. The Labute approximate surface area is 302 Å². The van der Waals surface area contributed by atoms with Gasteiger partial charge in [-0.1, -0.05) is 102 Å². The standard InChI is InChI=1S/C22H26N4.C21H24N4/c1-5-16(4)25-14-17-10-6-7-11-18(17)22-21(23-24-26(22)15(2)3)19-12-8-9-13-20(19)25;1-14(2)24-13-16-9-5-6-10-17(16)20-21(25(15(3)4)23-22-20)18-11-7-8-12-19(18)24/h6-13,15-16H,5,14H2,1-4H3;5-12,14-15H,13H2,1-4H3. The topological polar surface area (TPSA) is 67.9 Å². The summed E-state index contributed by atoms with van der Waals surface area (Å²) in [5, 5.41) is 18.2. The number of aromatic nitrogens is 6. The largest absolute Gasteiger partial charge is 0.364 e. The number of anilines is 2. The molecule has 4 aromatic carbocycles. The second-order valence-corrected chi connectivity index (χ2v) is 14.6. The van der Waals surface area contributed by atoms with E-state index < -0.39 is 0 Å². The van der Waals surface area contributed by atoms with Crippen LogP contribution in [0.1, 0.15) is 85.0 Å². The summed E-state index contributed by atoms with van der Waals surface area (Å²) in [5.41, 5.74) is 14.1. The molecule has 51 heavy (non-hydrogen) atoms. The number of para-hydroxylation sites is 2. The molecule has 0 spiro atoms. The minimum Gasteiger partial charge on any atom is -0.364 e. The van der Waals surface area contributed by atoms with Gasteiger partial charge in [0.05, 0.1) is 11.4 Å². The van der Waals surface area contributed by atoms with E-state index in [2.05, 4.69) is 192 Å². The lowest BCUT2D eigenvalue weighted by atomic mass is 9.94. The second-order valence-electron chi connectivity index (χ2n) is 14.6. The molecule has 4 heterocycles. The minimum absolute atomic E-state index is 0.253. The Morgan fingerprint density at radius 1 is 0.490 bits per heavy atom. The molecule has 0 fully saturated rings. The predicted octanol–water partition coefficient (Wildman–Crippen LogP) is 10.2. The third kappa shape index (κ3) is 6.21. The third-order valence-corrected chi connectivity index (χ3v) is 10.3. The highest BCUT2D eigenvalue weighted by atomic mass is 15.4. The first-order valence-corrected chi connectivity index (χ1v) is 18.5. The lowest BCUT2D eigenvalue weighted by Crippen LogP contribution is -2.33. The van der Waals surface area contributed by atoms with Crippen molar-refractivity contribution in [3.63, 3.8) is 0 Å². The highest BCUT2D eigenvalue weighted by Gasteiger charge is 2.30. The molecule has 1 unspecified atom stereocenters. The molecule has 262 valence electrons. The Hall–Kier alpha value is -5.24. The summed E-state index contributed by atoms with van der Waals surface area (Å²) in [7, 11) is 0. The van der Waals surface area contributed by atoms with E-state index in [1.807, 2.05) is 0 Å². The van der Waals surface area contributed by atoms with Gasteiger partial charge in [-0.2, -0.15) is 0 Å². The first-order valence-electron chi connectivity index (χ1n) is 18.5. The zero-order valence-corrected chi connectivity index (χ0v) is 31.2. The fourth-order valence-corrected chi connectivity index (χ4v) is 7.41. The Morgan fingerprint density at radius 3 is 1.49 bits per heavy atom. The Bertz CT molecular complexity index is 2140. The number of hydrogen-bond acceptors (Lipinski definition) is 6. The average Bonchev–Trinajstić information content (AvgIpc) is 3.77. The van der Waals surface area contributed by atoms with Crippen molar-refractivity contribution in [2.24, 2.45) is 0 Å². The smallest absolute Gasteiger partial charge is 0.123 e. The average molecular weight is 679 g/mol. The quantitative estimate of drug-likeness (QED) is 0.181. The number of hydrogen-bond donors (Lipinski definition) is 0. The van der Waals surface area contributed by atoms with Gasteiger partial charge >= 0.3 is 0 Å². The van der Waals surface area contributed by atoms with Crippen molar-refractivity contribution in [3.8, 4) is 45.0 Å². The lowest BCUT2D eigenvalue weighted by Gasteiger charge is -2.34. The van der Waals surface area contributed by atoms with Crippen LogP contribution in [0.3, 0.4) is 0 Å². The van der Waals surface area contributed by atoms with Gasteiger partial charge in [0.2, 0.25) is 0 Å². The molecule has 8 nitrogen and oxygen atoms in total. The van der Waals surface area contributed by atoms with Gasteiger partial charge in [0.25, 0.3) is 0 Å². The molecule has 0 aliphatic carbocycles. The van der Waals surface area contributed by atoms with Crippen LogP contribution in [0.25, 0.3) is 45.0 Å². The Kier molecular flexibility index (Phi) is 9.51. The number of nitrogens with zero attached hydrogens (tertiary/aromatic N) is 8. The zero-order chi connectivity index (χ0) is 35.8. The van der Waals surface area contributed by atoms with Crippen molar-refractivity contribution in [1.82, 2.24) is 30.0 Å². The van der Waals surface area contributed by atoms with Crippen LogP contribution in [-0.4, -0.2) is 42.1 Å². The Balaban J connectivity index is 0.000000159. The summed E-state index contributed by atoms with van der Waals surface area (Å²) in [6, 6.07) is 35.9. The molecule has 2 aliphatic rings. The monoisotopic (exact) mass is 678 g/mol. The maximum absolute atomic E-state index is 4.63. The maximum atomic E-state index is 4.63. The van der Waals surface area contributed by atoms with Gasteiger partial charge in [-0.25, -0.2) is 9.36 Å². The van der Waals surface area contributed by atoms with Crippen LogP contribution in [0, 0.1) is 0 Å². The molecule has 0 radical (unpaired) electrons. The number of rotatable bonds is 5. The molecule has 1 atom stereocenters. The van der Waals surface area contributed by atoms with Crippen LogP contribution in [0.4, 0.5) is 11.4 Å². The zero-order valence-electron chi connectivity index (χ0n) is 31.2. The van der Waals surface area contributed by atoms with E-state index in [-0.39, 0.29) is 12.1 Å². The van der Waals surface area contributed by atoms with Crippen molar-refractivity contribution in [2.45, 2.75) is 99.1 Å². The summed E-state index contributed by atoms with van der Waals surface area (Å²) >= 11 is 0. The van der Waals surface area contributed by atoms with Crippen LogP contribution >= 0.6 is 0 Å². The molecule has 0 saturated carbocycles. The van der Waals surface area contributed by atoms with Crippen molar-refractivity contribution in [2.75, 3.05) is 9.80 Å². The highest BCUT2D eigenvalue weighted by molar-refractivity contribution is 5.89. The van der Waals surface area contributed by atoms with Gasteiger partial charge in [0.15, 0.2) is 0 Å². The van der Waals surface area contributed by atoms with E-state index in [0.717, 1.165) is 42.3 Å². The third-order valence-electron chi connectivity index (χ3n) is 10.3. The van der Waals surface area contributed by atoms with Crippen molar-refractivity contribution in [1.29, 1.82) is 0 Å². The Morgan fingerprint density at radius 2 is 0.922 bits per heavy atom. The molecule has 2 aromatic heterocycles. The van der Waals surface area contributed by atoms with Gasteiger partial charge in [-0.05, 0) is 78.1 Å². The van der Waals surface area contributed by atoms with Crippen molar-refractivity contribution >= 4 is 11.4 Å². The van der Waals surface area contributed by atoms with Gasteiger partial charge < -0.3 is 9.80 Å². The first-order chi connectivity index (χ1) is 24.7. The van der Waals surface area contributed by atoms with Crippen molar-refractivity contribution in [3.05, 3.63) is 108 Å². The minimum atomic E-state index is 0.253. The summed E-state index contributed by atoms with van der Waals surface area (Å²) in [5.74, 6) is 0. The molecule has 6 aromatic rings. The number of benzene rings is 4. The lowest BCUT2D eigenvalue weighted by molar-refractivity contribution is 0.519. The summed E-state index contributed by atoms with van der Waals surface area (Å²) in [6.07, 6.45) is 1.10.